The van der Waals surface area contributed by atoms with E-state index in [9.17, 15) is 14.4 Å². The number of imide groups is 1. The van der Waals surface area contributed by atoms with E-state index in [1.54, 1.807) is 24.3 Å². The SMILES string of the molecule is O=C(O)Cc1ccc(SC2CC(=O)NC2=O)cc1. The van der Waals surface area contributed by atoms with Crippen LogP contribution >= 0.6 is 11.8 Å². The topological polar surface area (TPSA) is 83.5 Å². The van der Waals surface area contributed by atoms with Crippen LogP contribution in [0.5, 0.6) is 0 Å². The molecule has 0 bridgehead atoms. The van der Waals surface area contributed by atoms with Crippen LogP contribution in [0, 0.1) is 0 Å². The fraction of sp³-hybridized carbons (Fsp3) is 0.250. The van der Waals surface area contributed by atoms with Crippen LogP contribution in [-0.4, -0.2) is 28.1 Å². The summed E-state index contributed by atoms with van der Waals surface area (Å²) in [6, 6.07) is 6.95. The zero-order valence-corrected chi connectivity index (χ0v) is 10.2. The van der Waals surface area contributed by atoms with Crippen molar-refractivity contribution in [2.75, 3.05) is 0 Å². The summed E-state index contributed by atoms with van der Waals surface area (Å²) in [6.07, 6.45) is 0.174. The van der Waals surface area contributed by atoms with E-state index in [0.717, 1.165) is 4.90 Å². The van der Waals surface area contributed by atoms with Gasteiger partial charge in [-0.05, 0) is 17.7 Å². The van der Waals surface area contributed by atoms with Crippen LogP contribution in [0.2, 0.25) is 0 Å². The molecular weight excluding hydrogens is 254 g/mol. The Morgan fingerprint density at radius 3 is 2.50 bits per heavy atom. The van der Waals surface area contributed by atoms with Crippen molar-refractivity contribution >= 4 is 29.5 Å². The summed E-state index contributed by atoms with van der Waals surface area (Å²) in [7, 11) is 0. The number of carbonyl (C=O) groups excluding carboxylic acids is 2. The number of rotatable bonds is 4. The third-order valence-corrected chi connectivity index (χ3v) is 3.69. The molecule has 1 aromatic rings. The van der Waals surface area contributed by atoms with Crippen LogP contribution in [-0.2, 0) is 20.8 Å². The third-order valence-electron chi connectivity index (χ3n) is 2.48. The molecule has 1 atom stereocenters. The van der Waals surface area contributed by atoms with Crippen LogP contribution in [0.15, 0.2) is 29.2 Å². The minimum Gasteiger partial charge on any atom is -0.481 e. The van der Waals surface area contributed by atoms with Crippen molar-refractivity contribution in [3.05, 3.63) is 29.8 Å². The molecule has 2 N–H and O–H groups in total. The van der Waals surface area contributed by atoms with E-state index in [1.807, 2.05) is 0 Å². The molecule has 0 radical (unpaired) electrons. The van der Waals surface area contributed by atoms with E-state index in [0.29, 0.717) is 5.56 Å². The molecule has 1 aliphatic rings. The molecule has 1 heterocycles. The first-order chi connectivity index (χ1) is 8.54. The fourth-order valence-electron chi connectivity index (χ4n) is 1.65. The zero-order chi connectivity index (χ0) is 13.1. The smallest absolute Gasteiger partial charge is 0.307 e. The summed E-state index contributed by atoms with van der Waals surface area (Å²) in [5.41, 5.74) is 0.707. The first kappa shape index (κ1) is 12.6. The second-order valence-electron chi connectivity index (χ2n) is 3.94. The summed E-state index contributed by atoms with van der Waals surface area (Å²) in [5.74, 6) is -1.39. The Bertz CT molecular complexity index is 497. The van der Waals surface area contributed by atoms with Crippen LogP contribution < -0.4 is 5.32 Å². The first-order valence-electron chi connectivity index (χ1n) is 5.35. The molecular formula is C12H11NO4S. The van der Waals surface area contributed by atoms with Crippen LogP contribution in [0.1, 0.15) is 12.0 Å². The van der Waals surface area contributed by atoms with Crippen molar-refractivity contribution < 1.29 is 19.5 Å². The van der Waals surface area contributed by atoms with Crippen molar-refractivity contribution in [3.63, 3.8) is 0 Å². The highest BCUT2D eigenvalue weighted by Crippen LogP contribution is 2.28. The number of carbonyl (C=O) groups is 3. The zero-order valence-electron chi connectivity index (χ0n) is 9.38. The standard InChI is InChI=1S/C12H11NO4S/c14-10-6-9(12(17)13-10)18-8-3-1-7(2-4-8)5-11(15)16/h1-4,9H,5-6H2,(H,15,16)(H,13,14,17). The van der Waals surface area contributed by atoms with Gasteiger partial charge >= 0.3 is 5.97 Å². The Hall–Kier alpha value is -1.82. The molecule has 1 aliphatic heterocycles. The van der Waals surface area contributed by atoms with Gasteiger partial charge in [0.25, 0.3) is 0 Å². The second-order valence-corrected chi connectivity index (χ2v) is 5.21. The van der Waals surface area contributed by atoms with Gasteiger partial charge in [-0.25, -0.2) is 0 Å². The van der Waals surface area contributed by atoms with Gasteiger partial charge in [-0.15, -0.1) is 11.8 Å². The van der Waals surface area contributed by atoms with E-state index in [2.05, 4.69) is 5.32 Å². The van der Waals surface area contributed by atoms with Gasteiger partial charge in [-0.1, -0.05) is 12.1 Å². The molecule has 0 aromatic heterocycles. The number of aliphatic carboxylic acids is 1. The van der Waals surface area contributed by atoms with Crippen molar-refractivity contribution in [3.8, 4) is 0 Å². The van der Waals surface area contributed by atoms with Crippen molar-refractivity contribution in [2.45, 2.75) is 23.0 Å². The molecule has 5 nitrogen and oxygen atoms in total. The van der Waals surface area contributed by atoms with E-state index in [1.165, 1.54) is 11.8 Å². The molecule has 0 saturated carbocycles. The van der Waals surface area contributed by atoms with Crippen molar-refractivity contribution in [2.24, 2.45) is 0 Å². The monoisotopic (exact) mass is 265 g/mol. The maximum atomic E-state index is 11.4. The summed E-state index contributed by atoms with van der Waals surface area (Å²) < 4.78 is 0. The van der Waals surface area contributed by atoms with Gasteiger partial charge in [0.1, 0.15) is 0 Å². The average Bonchev–Trinajstić information content (AvgIpc) is 2.59. The van der Waals surface area contributed by atoms with Gasteiger partial charge in [0.2, 0.25) is 11.8 Å². The molecule has 1 fully saturated rings. The van der Waals surface area contributed by atoms with E-state index >= 15 is 0 Å². The lowest BCUT2D eigenvalue weighted by Gasteiger charge is -2.06. The highest BCUT2D eigenvalue weighted by atomic mass is 32.2. The number of carboxylic acids is 1. The molecule has 94 valence electrons. The second kappa shape index (κ2) is 5.22. The molecule has 1 unspecified atom stereocenters. The van der Waals surface area contributed by atoms with Crippen molar-refractivity contribution in [1.29, 1.82) is 0 Å². The Morgan fingerprint density at radius 1 is 1.33 bits per heavy atom. The van der Waals surface area contributed by atoms with Gasteiger partial charge in [0, 0.05) is 11.3 Å². The Balaban J connectivity index is 2.00. The highest BCUT2D eigenvalue weighted by molar-refractivity contribution is 8.00. The Kier molecular flexibility index (Phi) is 3.66. The molecule has 2 amide bonds. The maximum absolute atomic E-state index is 11.4. The van der Waals surface area contributed by atoms with Gasteiger partial charge in [-0.3, -0.25) is 19.7 Å². The maximum Gasteiger partial charge on any atom is 0.307 e. The normalized spacial score (nSPS) is 18.8. The third kappa shape index (κ3) is 3.10. The van der Waals surface area contributed by atoms with Gasteiger partial charge in [0.05, 0.1) is 11.7 Å². The minimum atomic E-state index is -0.879. The van der Waals surface area contributed by atoms with E-state index in [4.69, 9.17) is 5.11 Å². The summed E-state index contributed by atoms with van der Waals surface area (Å²) >= 11 is 1.31. The summed E-state index contributed by atoms with van der Waals surface area (Å²) in [4.78, 5) is 33.8. The van der Waals surface area contributed by atoms with Gasteiger partial charge < -0.3 is 5.11 Å². The number of nitrogens with one attached hydrogen (secondary N) is 1. The molecule has 1 saturated heterocycles. The lowest BCUT2D eigenvalue weighted by Crippen LogP contribution is -2.22. The van der Waals surface area contributed by atoms with Gasteiger partial charge in [-0.2, -0.15) is 0 Å². The molecule has 6 heteroatoms. The molecule has 18 heavy (non-hydrogen) atoms. The largest absolute Gasteiger partial charge is 0.481 e. The molecule has 0 spiro atoms. The molecule has 0 aliphatic carbocycles. The quantitative estimate of drug-likeness (QED) is 0.787. The predicted octanol–water partition coefficient (Wildman–Crippen LogP) is 0.821. The number of thioether (sulfide) groups is 1. The lowest BCUT2D eigenvalue weighted by molar-refractivity contribution is -0.136. The van der Waals surface area contributed by atoms with E-state index < -0.39 is 5.97 Å². The first-order valence-corrected chi connectivity index (χ1v) is 6.23. The fourth-order valence-corrected chi connectivity index (χ4v) is 2.67. The van der Waals surface area contributed by atoms with Crippen LogP contribution in [0.3, 0.4) is 0 Å². The average molecular weight is 265 g/mol. The molecule has 2 rings (SSSR count). The van der Waals surface area contributed by atoms with Gasteiger partial charge in [0.15, 0.2) is 0 Å². The van der Waals surface area contributed by atoms with Crippen molar-refractivity contribution in [1.82, 2.24) is 5.32 Å². The number of amides is 2. The summed E-state index contributed by atoms with van der Waals surface area (Å²) in [5, 5.41) is 10.5. The Morgan fingerprint density at radius 2 is 2.00 bits per heavy atom. The minimum absolute atomic E-state index is 0.0205. The number of carboxylic acid groups (broad SMARTS) is 1. The van der Waals surface area contributed by atoms with E-state index in [-0.39, 0.29) is 29.9 Å². The van der Waals surface area contributed by atoms with Crippen LogP contribution in [0.25, 0.3) is 0 Å². The highest BCUT2D eigenvalue weighted by Gasteiger charge is 2.31. The summed E-state index contributed by atoms with van der Waals surface area (Å²) in [6.45, 7) is 0. The molecule has 1 aromatic carbocycles. The number of hydrogen-bond donors (Lipinski definition) is 2. The number of benzene rings is 1. The lowest BCUT2D eigenvalue weighted by atomic mass is 10.2. The Labute approximate surface area is 108 Å². The number of hydrogen-bond acceptors (Lipinski definition) is 4. The predicted molar refractivity (Wildman–Crippen MR) is 65.2 cm³/mol. The van der Waals surface area contributed by atoms with Crippen LogP contribution in [0.4, 0.5) is 0 Å².